The van der Waals surface area contributed by atoms with Gasteiger partial charge in [-0.1, -0.05) is 0 Å². The Kier molecular flexibility index (Phi) is 3.87. The molecule has 18 heavy (non-hydrogen) atoms. The van der Waals surface area contributed by atoms with Crippen molar-refractivity contribution in [3.8, 4) is 5.75 Å². The molecule has 4 nitrogen and oxygen atoms in total. The molecule has 1 aliphatic rings. The quantitative estimate of drug-likeness (QED) is 0.701. The summed E-state index contributed by atoms with van der Waals surface area (Å²) in [7, 11) is 0. The van der Waals surface area contributed by atoms with E-state index in [4.69, 9.17) is 0 Å². The Bertz CT molecular complexity index is 451. The SMILES string of the molecule is Cc1cc(NC(=O)C2CCNCC2)c(C)cc1O. The second-order valence-corrected chi connectivity index (χ2v) is 4.97. The number of carbonyl (C=O) groups excluding carboxylic acids is 1. The maximum Gasteiger partial charge on any atom is 0.227 e. The van der Waals surface area contributed by atoms with Gasteiger partial charge in [-0.25, -0.2) is 0 Å². The van der Waals surface area contributed by atoms with E-state index < -0.39 is 0 Å². The van der Waals surface area contributed by atoms with Gasteiger partial charge in [-0.3, -0.25) is 4.79 Å². The number of aromatic hydroxyl groups is 1. The highest BCUT2D eigenvalue weighted by Crippen LogP contribution is 2.26. The summed E-state index contributed by atoms with van der Waals surface area (Å²) in [6, 6.07) is 3.51. The molecule has 0 atom stereocenters. The molecule has 1 fully saturated rings. The van der Waals surface area contributed by atoms with E-state index >= 15 is 0 Å². The van der Waals surface area contributed by atoms with Gasteiger partial charge >= 0.3 is 0 Å². The van der Waals surface area contributed by atoms with E-state index in [0.29, 0.717) is 0 Å². The van der Waals surface area contributed by atoms with Gasteiger partial charge < -0.3 is 15.7 Å². The van der Waals surface area contributed by atoms with Crippen molar-refractivity contribution in [1.29, 1.82) is 0 Å². The number of carbonyl (C=O) groups is 1. The maximum atomic E-state index is 12.1. The normalized spacial score (nSPS) is 16.6. The summed E-state index contributed by atoms with van der Waals surface area (Å²) < 4.78 is 0. The first-order valence-electron chi connectivity index (χ1n) is 6.39. The number of anilines is 1. The minimum absolute atomic E-state index is 0.0877. The minimum Gasteiger partial charge on any atom is -0.508 e. The summed E-state index contributed by atoms with van der Waals surface area (Å²) in [5, 5.41) is 15.8. The van der Waals surface area contributed by atoms with Crippen molar-refractivity contribution in [2.45, 2.75) is 26.7 Å². The topological polar surface area (TPSA) is 61.4 Å². The third kappa shape index (κ3) is 2.82. The van der Waals surface area contributed by atoms with Crippen molar-refractivity contribution < 1.29 is 9.90 Å². The Morgan fingerprint density at radius 1 is 1.28 bits per heavy atom. The van der Waals surface area contributed by atoms with E-state index in [9.17, 15) is 9.90 Å². The summed E-state index contributed by atoms with van der Waals surface area (Å²) in [6.07, 6.45) is 1.78. The summed E-state index contributed by atoms with van der Waals surface area (Å²) in [5.74, 6) is 0.455. The molecule has 1 aliphatic heterocycles. The second kappa shape index (κ2) is 5.40. The van der Waals surface area contributed by atoms with Gasteiger partial charge in [-0.15, -0.1) is 0 Å². The molecule has 0 spiro atoms. The molecule has 1 aromatic carbocycles. The Balaban J connectivity index is 2.08. The van der Waals surface area contributed by atoms with Crippen LogP contribution in [0.3, 0.4) is 0 Å². The lowest BCUT2D eigenvalue weighted by Gasteiger charge is -2.22. The first-order chi connectivity index (χ1) is 8.58. The fourth-order valence-corrected chi connectivity index (χ4v) is 2.25. The lowest BCUT2D eigenvalue weighted by molar-refractivity contribution is -0.120. The van der Waals surface area contributed by atoms with Crippen LogP contribution in [0.2, 0.25) is 0 Å². The Morgan fingerprint density at radius 2 is 1.94 bits per heavy atom. The number of rotatable bonds is 2. The van der Waals surface area contributed by atoms with Gasteiger partial charge in [0.05, 0.1) is 0 Å². The molecular formula is C14H20N2O2. The van der Waals surface area contributed by atoms with Crippen LogP contribution in [0.5, 0.6) is 5.75 Å². The molecule has 1 saturated heterocycles. The molecule has 4 heteroatoms. The van der Waals surface area contributed by atoms with E-state index in [1.807, 2.05) is 19.9 Å². The summed E-state index contributed by atoms with van der Waals surface area (Å²) in [5.41, 5.74) is 2.47. The number of benzene rings is 1. The average molecular weight is 248 g/mol. The maximum absolute atomic E-state index is 12.1. The zero-order chi connectivity index (χ0) is 13.1. The van der Waals surface area contributed by atoms with Gasteiger partial charge in [0.25, 0.3) is 0 Å². The zero-order valence-corrected chi connectivity index (χ0v) is 10.9. The standard InChI is InChI=1S/C14H20N2O2/c1-9-8-13(17)10(2)7-12(9)16-14(18)11-3-5-15-6-4-11/h7-8,11,15,17H,3-6H2,1-2H3,(H,16,18). The smallest absolute Gasteiger partial charge is 0.227 e. The minimum atomic E-state index is 0.0877. The molecule has 0 saturated carbocycles. The zero-order valence-electron chi connectivity index (χ0n) is 10.9. The van der Waals surface area contributed by atoms with Crippen molar-refractivity contribution in [1.82, 2.24) is 5.32 Å². The van der Waals surface area contributed by atoms with Crippen LogP contribution in [0.4, 0.5) is 5.69 Å². The monoisotopic (exact) mass is 248 g/mol. The Labute approximate surface area is 107 Å². The first-order valence-corrected chi connectivity index (χ1v) is 6.39. The van der Waals surface area contributed by atoms with Crippen LogP contribution in [0.15, 0.2) is 12.1 Å². The van der Waals surface area contributed by atoms with Crippen molar-refractivity contribution in [3.05, 3.63) is 23.3 Å². The van der Waals surface area contributed by atoms with Gasteiger partial charge in [-0.05, 0) is 63.0 Å². The third-order valence-corrected chi connectivity index (χ3v) is 3.51. The highest BCUT2D eigenvalue weighted by Gasteiger charge is 2.21. The molecule has 0 aromatic heterocycles. The first kappa shape index (κ1) is 12.9. The van der Waals surface area contributed by atoms with Crippen LogP contribution in [0.25, 0.3) is 0 Å². The molecule has 3 N–H and O–H groups in total. The van der Waals surface area contributed by atoms with Crippen LogP contribution in [0, 0.1) is 19.8 Å². The van der Waals surface area contributed by atoms with E-state index in [2.05, 4.69) is 10.6 Å². The number of hydrogen-bond acceptors (Lipinski definition) is 3. The molecule has 98 valence electrons. The lowest BCUT2D eigenvalue weighted by atomic mass is 9.97. The number of nitrogens with one attached hydrogen (secondary N) is 2. The van der Waals surface area contributed by atoms with Crippen LogP contribution in [-0.4, -0.2) is 24.1 Å². The Hall–Kier alpha value is -1.55. The lowest BCUT2D eigenvalue weighted by Crippen LogP contribution is -2.34. The number of phenolic OH excluding ortho intramolecular Hbond substituents is 1. The molecule has 1 heterocycles. The highest BCUT2D eigenvalue weighted by atomic mass is 16.3. The second-order valence-electron chi connectivity index (χ2n) is 4.97. The molecule has 0 bridgehead atoms. The average Bonchev–Trinajstić information content (AvgIpc) is 2.37. The third-order valence-electron chi connectivity index (χ3n) is 3.51. The van der Waals surface area contributed by atoms with Crippen LogP contribution >= 0.6 is 0 Å². The number of amides is 1. The predicted octanol–water partition coefficient (Wildman–Crippen LogP) is 1.95. The van der Waals surface area contributed by atoms with Gasteiger partial charge in [0.2, 0.25) is 5.91 Å². The fraction of sp³-hybridized carbons (Fsp3) is 0.500. The Morgan fingerprint density at radius 3 is 2.61 bits per heavy atom. The van der Waals surface area contributed by atoms with Gasteiger partial charge in [-0.2, -0.15) is 0 Å². The van der Waals surface area contributed by atoms with Crippen LogP contribution < -0.4 is 10.6 Å². The van der Waals surface area contributed by atoms with Crippen molar-refractivity contribution in [2.75, 3.05) is 18.4 Å². The van der Waals surface area contributed by atoms with E-state index in [1.54, 1.807) is 6.07 Å². The highest BCUT2D eigenvalue weighted by molar-refractivity contribution is 5.93. The molecule has 1 aromatic rings. The van der Waals surface area contributed by atoms with E-state index in [1.165, 1.54) is 0 Å². The van der Waals surface area contributed by atoms with Crippen LogP contribution in [-0.2, 0) is 4.79 Å². The molecule has 0 radical (unpaired) electrons. The van der Waals surface area contributed by atoms with Crippen molar-refractivity contribution in [3.63, 3.8) is 0 Å². The number of phenols is 1. The molecule has 0 aliphatic carbocycles. The van der Waals surface area contributed by atoms with E-state index in [-0.39, 0.29) is 17.6 Å². The molecule has 0 unspecified atom stereocenters. The number of hydrogen-bond donors (Lipinski definition) is 3. The largest absolute Gasteiger partial charge is 0.508 e. The summed E-state index contributed by atoms with van der Waals surface area (Å²) in [6.45, 7) is 5.53. The van der Waals surface area contributed by atoms with Gasteiger partial charge in [0.1, 0.15) is 5.75 Å². The summed E-state index contributed by atoms with van der Waals surface area (Å²) in [4.78, 5) is 12.1. The van der Waals surface area contributed by atoms with Crippen LogP contribution in [0.1, 0.15) is 24.0 Å². The number of piperidine rings is 1. The molecule has 2 rings (SSSR count). The molecular weight excluding hydrogens is 228 g/mol. The predicted molar refractivity (Wildman–Crippen MR) is 71.8 cm³/mol. The number of aryl methyl sites for hydroxylation is 2. The van der Waals surface area contributed by atoms with E-state index in [0.717, 1.165) is 42.7 Å². The fourth-order valence-electron chi connectivity index (χ4n) is 2.25. The molecule has 1 amide bonds. The summed E-state index contributed by atoms with van der Waals surface area (Å²) >= 11 is 0. The van der Waals surface area contributed by atoms with Crippen molar-refractivity contribution in [2.24, 2.45) is 5.92 Å². The van der Waals surface area contributed by atoms with Crippen molar-refractivity contribution >= 4 is 11.6 Å². The van der Waals surface area contributed by atoms with Gasteiger partial charge in [0.15, 0.2) is 0 Å². The van der Waals surface area contributed by atoms with Gasteiger partial charge in [0, 0.05) is 11.6 Å².